The van der Waals surface area contributed by atoms with Crippen LogP contribution < -0.4 is 9.62 Å². The zero-order valence-corrected chi connectivity index (χ0v) is 19.0. The predicted molar refractivity (Wildman–Crippen MR) is 120 cm³/mol. The maximum atomic E-state index is 13.2. The van der Waals surface area contributed by atoms with E-state index in [1.54, 1.807) is 6.07 Å². The second-order valence-corrected chi connectivity index (χ2v) is 9.49. The SMILES string of the molecule is CCC(NC(=O)C(CC)N(c1ccc(C)c(C)c1)S(C)(=O)=O)c1ccc(C)cc1. The second kappa shape index (κ2) is 9.44. The van der Waals surface area contributed by atoms with Gasteiger partial charge in [-0.05, 0) is 62.4 Å². The summed E-state index contributed by atoms with van der Waals surface area (Å²) in [6.07, 6.45) is 2.24. The van der Waals surface area contributed by atoms with Crippen LogP contribution in [0.1, 0.15) is 55.0 Å². The van der Waals surface area contributed by atoms with E-state index >= 15 is 0 Å². The Balaban J connectivity index is 2.36. The van der Waals surface area contributed by atoms with Gasteiger partial charge in [-0.2, -0.15) is 0 Å². The van der Waals surface area contributed by atoms with Crippen molar-refractivity contribution in [3.63, 3.8) is 0 Å². The molecule has 2 aromatic carbocycles. The van der Waals surface area contributed by atoms with Crippen molar-refractivity contribution >= 4 is 21.6 Å². The van der Waals surface area contributed by atoms with E-state index in [9.17, 15) is 13.2 Å². The number of hydrogen-bond donors (Lipinski definition) is 1. The molecule has 6 heteroatoms. The lowest BCUT2D eigenvalue weighted by molar-refractivity contribution is -0.123. The number of nitrogens with zero attached hydrogens (tertiary/aromatic N) is 1. The molecule has 2 atom stereocenters. The fourth-order valence-electron chi connectivity index (χ4n) is 3.41. The average Bonchev–Trinajstić information content (AvgIpc) is 2.66. The highest BCUT2D eigenvalue weighted by atomic mass is 32.2. The number of hydrogen-bond acceptors (Lipinski definition) is 3. The number of nitrogens with one attached hydrogen (secondary N) is 1. The van der Waals surface area contributed by atoms with E-state index in [1.807, 2.05) is 71.0 Å². The van der Waals surface area contributed by atoms with E-state index in [-0.39, 0.29) is 11.9 Å². The van der Waals surface area contributed by atoms with Gasteiger partial charge in [0.2, 0.25) is 15.9 Å². The Bertz CT molecular complexity index is 953. The number of benzene rings is 2. The molecule has 0 fully saturated rings. The van der Waals surface area contributed by atoms with E-state index in [4.69, 9.17) is 0 Å². The molecule has 5 nitrogen and oxygen atoms in total. The second-order valence-electron chi connectivity index (χ2n) is 7.63. The number of sulfonamides is 1. The summed E-state index contributed by atoms with van der Waals surface area (Å²) in [4.78, 5) is 13.2. The molecule has 0 bridgehead atoms. The van der Waals surface area contributed by atoms with Crippen molar-refractivity contribution in [2.45, 2.75) is 59.5 Å². The van der Waals surface area contributed by atoms with Gasteiger partial charge in [-0.1, -0.05) is 49.7 Å². The van der Waals surface area contributed by atoms with Gasteiger partial charge in [-0.25, -0.2) is 8.42 Å². The molecule has 2 unspecified atom stereocenters. The van der Waals surface area contributed by atoms with Crippen LogP contribution in [-0.2, 0) is 14.8 Å². The highest BCUT2D eigenvalue weighted by Crippen LogP contribution is 2.26. The molecule has 0 heterocycles. The van der Waals surface area contributed by atoms with Crippen LogP contribution in [0.4, 0.5) is 5.69 Å². The van der Waals surface area contributed by atoms with Crippen LogP contribution in [0.15, 0.2) is 42.5 Å². The number of carbonyl (C=O) groups excluding carboxylic acids is 1. The van der Waals surface area contributed by atoms with Gasteiger partial charge in [-0.3, -0.25) is 9.10 Å². The van der Waals surface area contributed by atoms with Gasteiger partial charge in [0.1, 0.15) is 6.04 Å². The third-order valence-corrected chi connectivity index (χ3v) is 6.46. The fraction of sp³-hybridized carbons (Fsp3) is 0.435. The van der Waals surface area contributed by atoms with Crippen LogP contribution in [0.5, 0.6) is 0 Å². The minimum atomic E-state index is -3.64. The predicted octanol–water partition coefficient (Wildman–Crippen LogP) is 4.42. The van der Waals surface area contributed by atoms with Crippen LogP contribution in [0.3, 0.4) is 0 Å². The van der Waals surface area contributed by atoms with Crippen molar-refractivity contribution in [1.82, 2.24) is 5.32 Å². The van der Waals surface area contributed by atoms with Gasteiger partial charge in [0, 0.05) is 0 Å². The number of carbonyl (C=O) groups is 1. The molecule has 1 amide bonds. The van der Waals surface area contributed by atoms with Crippen molar-refractivity contribution in [2.24, 2.45) is 0 Å². The molecule has 158 valence electrons. The summed E-state index contributed by atoms with van der Waals surface area (Å²) in [6, 6.07) is 12.5. The topological polar surface area (TPSA) is 66.5 Å². The highest BCUT2D eigenvalue weighted by molar-refractivity contribution is 7.92. The minimum Gasteiger partial charge on any atom is -0.347 e. The Labute approximate surface area is 175 Å². The third kappa shape index (κ3) is 5.60. The quantitative estimate of drug-likeness (QED) is 0.692. The van der Waals surface area contributed by atoms with E-state index in [0.717, 1.165) is 28.5 Å². The van der Waals surface area contributed by atoms with Gasteiger partial charge in [0.15, 0.2) is 0 Å². The largest absolute Gasteiger partial charge is 0.347 e. The van der Waals surface area contributed by atoms with E-state index < -0.39 is 16.1 Å². The summed E-state index contributed by atoms with van der Waals surface area (Å²) in [6.45, 7) is 9.76. The Morgan fingerprint density at radius 3 is 2.07 bits per heavy atom. The zero-order chi connectivity index (χ0) is 21.8. The van der Waals surface area contributed by atoms with Gasteiger partial charge in [-0.15, -0.1) is 0 Å². The van der Waals surface area contributed by atoms with Crippen molar-refractivity contribution < 1.29 is 13.2 Å². The number of aryl methyl sites for hydroxylation is 3. The first-order valence-electron chi connectivity index (χ1n) is 10.0. The van der Waals surface area contributed by atoms with Crippen molar-refractivity contribution in [2.75, 3.05) is 10.6 Å². The Morgan fingerprint density at radius 1 is 0.966 bits per heavy atom. The number of anilines is 1. The molecule has 0 spiro atoms. The van der Waals surface area contributed by atoms with Gasteiger partial charge in [0.25, 0.3) is 0 Å². The molecule has 2 rings (SSSR count). The van der Waals surface area contributed by atoms with Crippen LogP contribution in [0, 0.1) is 20.8 Å². The Hall–Kier alpha value is -2.34. The van der Waals surface area contributed by atoms with Crippen molar-refractivity contribution in [3.05, 3.63) is 64.7 Å². The lowest BCUT2D eigenvalue weighted by Gasteiger charge is -2.32. The lowest BCUT2D eigenvalue weighted by atomic mass is 10.0. The maximum Gasteiger partial charge on any atom is 0.244 e. The molecule has 0 aliphatic carbocycles. The Kier molecular flexibility index (Phi) is 7.47. The summed E-state index contributed by atoms with van der Waals surface area (Å²) >= 11 is 0. The molecule has 0 radical (unpaired) electrons. The molecule has 2 aromatic rings. The van der Waals surface area contributed by atoms with Crippen LogP contribution >= 0.6 is 0 Å². The highest BCUT2D eigenvalue weighted by Gasteiger charge is 2.32. The maximum absolute atomic E-state index is 13.2. The molecule has 0 aliphatic rings. The zero-order valence-electron chi connectivity index (χ0n) is 18.2. The van der Waals surface area contributed by atoms with Gasteiger partial charge in [0.05, 0.1) is 18.0 Å². The number of amides is 1. The molecular formula is C23H32N2O3S. The molecule has 0 aliphatic heterocycles. The summed E-state index contributed by atoms with van der Waals surface area (Å²) in [7, 11) is -3.64. The van der Waals surface area contributed by atoms with E-state index in [1.165, 1.54) is 4.31 Å². The van der Waals surface area contributed by atoms with E-state index in [2.05, 4.69) is 5.32 Å². The monoisotopic (exact) mass is 416 g/mol. The lowest BCUT2D eigenvalue weighted by Crippen LogP contribution is -2.50. The van der Waals surface area contributed by atoms with Crippen LogP contribution in [0.2, 0.25) is 0 Å². The summed E-state index contributed by atoms with van der Waals surface area (Å²) in [5.41, 5.74) is 4.74. The minimum absolute atomic E-state index is 0.168. The third-order valence-electron chi connectivity index (χ3n) is 5.28. The van der Waals surface area contributed by atoms with Crippen molar-refractivity contribution in [3.8, 4) is 0 Å². The Morgan fingerprint density at radius 2 is 1.59 bits per heavy atom. The smallest absolute Gasteiger partial charge is 0.244 e. The molecule has 0 saturated heterocycles. The summed E-state index contributed by atoms with van der Waals surface area (Å²) in [5.74, 6) is -0.288. The summed E-state index contributed by atoms with van der Waals surface area (Å²) in [5, 5.41) is 3.06. The average molecular weight is 417 g/mol. The molecular weight excluding hydrogens is 384 g/mol. The van der Waals surface area contributed by atoms with Gasteiger partial charge >= 0.3 is 0 Å². The first kappa shape index (κ1) is 22.9. The molecule has 0 saturated carbocycles. The van der Waals surface area contributed by atoms with Crippen LogP contribution in [-0.4, -0.2) is 26.6 Å². The van der Waals surface area contributed by atoms with Gasteiger partial charge < -0.3 is 5.32 Å². The summed E-state index contributed by atoms with van der Waals surface area (Å²) < 4.78 is 26.5. The fourth-order valence-corrected chi connectivity index (χ4v) is 4.61. The molecule has 1 N–H and O–H groups in total. The molecule has 0 aromatic heterocycles. The van der Waals surface area contributed by atoms with E-state index in [0.29, 0.717) is 18.5 Å². The van der Waals surface area contributed by atoms with Crippen LogP contribution in [0.25, 0.3) is 0 Å². The molecule has 29 heavy (non-hydrogen) atoms. The first-order valence-corrected chi connectivity index (χ1v) is 11.9. The first-order chi connectivity index (χ1) is 13.6. The number of rotatable bonds is 8. The standard InChI is InChI=1S/C23H32N2O3S/c1-7-21(19-12-9-16(3)10-13-19)24-23(26)22(8-2)25(29(6,27)28)20-14-11-17(4)18(5)15-20/h9-15,21-22H,7-8H2,1-6H3,(H,24,26). The normalized spacial score (nSPS) is 13.6. The van der Waals surface area contributed by atoms with Crippen molar-refractivity contribution in [1.29, 1.82) is 0 Å².